The van der Waals surface area contributed by atoms with Gasteiger partial charge in [-0.2, -0.15) is 0 Å². The third-order valence-corrected chi connectivity index (χ3v) is 4.78. The highest BCUT2D eigenvalue weighted by Crippen LogP contribution is 2.22. The molecule has 1 heterocycles. The van der Waals surface area contributed by atoms with Crippen molar-refractivity contribution in [2.45, 2.75) is 32.1 Å². The fourth-order valence-electron chi connectivity index (χ4n) is 3.26. The summed E-state index contributed by atoms with van der Waals surface area (Å²) in [5.41, 5.74) is 1.66. The monoisotopic (exact) mass is 398 g/mol. The molecule has 0 aromatic heterocycles. The molecule has 0 radical (unpaired) electrons. The molecule has 1 aromatic carbocycles. The van der Waals surface area contributed by atoms with E-state index in [1.165, 1.54) is 11.6 Å². The molecular formula is C21H22N2O6. The summed E-state index contributed by atoms with van der Waals surface area (Å²) in [5, 5.41) is 10.8. The van der Waals surface area contributed by atoms with Gasteiger partial charge in [-0.25, -0.2) is 9.59 Å². The first-order valence-electron chi connectivity index (χ1n) is 9.45. The molecule has 4 amide bonds. The van der Waals surface area contributed by atoms with Gasteiger partial charge in [-0.15, -0.1) is 0 Å². The first kappa shape index (κ1) is 20.3. The summed E-state index contributed by atoms with van der Waals surface area (Å²) in [6, 6.07) is 5.57. The lowest BCUT2D eigenvalue weighted by atomic mass is 9.97. The lowest BCUT2D eigenvalue weighted by molar-refractivity contribution is -0.139. The average Bonchev–Trinajstić information content (AvgIpc) is 2.71. The first-order chi connectivity index (χ1) is 13.9. The van der Waals surface area contributed by atoms with Crippen LogP contribution < -0.4 is 10.1 Å². The Hall–Kier alpha value is -3.42. The topological polar surface area (TPSA) is 113 Å². The Bertz CT molecular complexity index is 885. The number of rotatable bonds is 7. The SMILES string of the molecule is O=C(O)COc1ccc(C=C2C(=O)NC(=O)N(CCC3=CCCCC3)C2=O)cc1. The number of aliphatic carboxylic acids is 1. The maximum absolute atomic E-state index is 12.7. The molecule has 8 heteroatoms. The predicted molar refractivity (Wildman–Crippen MR) is 104 cm³/mol. The second kappa shape index (κ2) is 9.18. The second-order valence-electron chi connectivity index (χ2n) is 6.88. The smallest absolute Gasteiger partial charge is 0.341 e. The van der Waals surface area contributed by atoms with E-state index in [-0.39, 0.29) is 12.1 Å². The minimum atomic E-state index is -1.09. The standard InChI is InChI=1S/C21H22N2O6/c24-18(25)13-29-16-8-6-15(7-9-16)12-17-19(26)22-21(28)23(20(17)27)11-10-14-4-2-1-3-5-14/h4,6-9,12H,1-3,5,10-11,13H2,(H,24,25)(H,22,26,28). The van der Waals surface area contributed by atoms with Crippen LogP contribution in [0.5, 0.6) is 5.75 Å². The molecule has 0 spiro atoms. The molecule has 0 atom stereocenters. The summed E-state index contributed by atoms with van der Waals surface area (Å²) in [6.45, 7) is -0.238. The number of carbonyl (C=O) groups is 4. The van der Waals surface area contributed by atoms with Crippen molar-refractivity contribution in [1.29, 1.82) is 0 Å². The van der Waals surface area contributed by atoms with Crippen molar-refractivity contribution in [3.63, 3.8) is 0 Å². The number of nitrogens with zero attached hydrogens (tertiary/aromatic N) is 1. The fraction of sp³-hybridized carbons (Fsp3) is 0.333. The van der Waals surface area contributed by atoms with Gasteiger partial charge >= 0.3 is 12.0 Å². The first-order valence-corrected chi connectivity index (χ1v) is 9.45. The van der Waals surface area contributed by atoms with Gasteiger partial charge in [0.15, 0.2) is 6.61 Å². The molecule has 3 rings (SSSR count). The van der Waals surface area contributed by atoms with Crippen LogP contribution >= 0.6 is 0 Å². The van der Waals surface area contributed by atoms with Crippen LogP contribution in [0, 0.1) is 0 Å². The number of imide groups is 2. The van der Waals surface area contributed by atoms with E-state index in [1.807, 2.05) is 0 Å². The van der Waals surface area contributed by atoms with Crippen molar-refractivity contribution in [1.82, 2.24) is 10.2 Å². The number of allylic oxidation sites excluding steroid dienone is 1. The van der Waals surface area contributed by atoms with Gasteiger partial charge in [0.2, 0.25) is 0 Å². The van der Waals surface area contributed by atoms with Crippen LogP contribution in [0.2, 0.25) is 0 Å². The van der Waals surface area contributed by atoms with E-state index in [2.05, 4.69) is 11.4 Å². The second-order valence-corrected chi connectivity index (χ2v) is 6.88. The summed E-state index contributed by atoms with van der Waals surface area (Å²) in [7, 11) is 0. The van der Waals surface area contributed by atoms with Crippen LogP contribution in [0.3, 0.4) is 0 Å². The lowest BCUT2D eigenvalue weighted by Crippen LogP contribution is -2.54. The Morgan fingerprint density at radius 1 is 1.17 bits per heavy atom. The predicted octanol–water partition coefficient (Wildman–Crippen LogP) is 2.50. The van der Waals surface area contributed by atoms with Crippen LogP contribution in [0.1, 0.15) is 37.7 Å². The number of hydrogen-bond donors (Lipinski definition) is 2. The molecule has 0 bridgehead atoms. The molecule has 0 unspecified atom stereocenters. The van der Waals surface area contributed by atoms with Crippen LogP contribution in [-0.4, -0.2) is 47.0 Å². The number of urea groups is 1. The average molecular weight is 398 g/mol. The number of carboxylic acids is 1. The third kappa shape index (κ3) is 5.31. The van der Waals surface area contributed by atoms with E-state index in [1.54, 1.807) is 24.3 Å². The lowest BCUT2D eigenvalue weighted by Gasteiger charge is -2.27. The molecule has 1 aliphatic carbocycles. The molecule has 29 heavy (non-hydrogen) atoms. The van der Waals surface area contributed by atoms with E-state index in [0.29, 0.717) is 17.7 Å². The van der Waals surface area contributed by atoms with Crippen LogP contribution in [0.4, 0.5) is 4.79 Å². The number of benzene rings is 1. The number of carboxylic acid groups (broad SMARTS) is 1. The molecule has 1 fully saturated rings. The summed E-state index contributed by atoms with van der Waals surface area (Å²) in [5.74, 6) is -2.10. The number of nitrogens with one attached hydrogen (secondary N) is 1. The van der Waals surface area contributed by atoms with Gasteiger partial charge in [-0.3, -0.25) is 19.8 Å². The summed E-state index contributed by atoms with van der Waals surface area (Å²) in [4.78, 5) is 48.6. The van der Waals surface area contributed by atoms with E-state index < -0.39 is 30.4 Å². The molecule has 1 saturated heterocycles. The Kier molecular flexibility index (Phi) is 6.43. The zero-order chi connectivity index (χ0) is 20.8. The van der Waals surface area contributed by atoms with Crippen molar-refractivity contribution >= 4 is 29.9 Å². The Labute approximate surface area is 167 Å². The highest BCUT2D eigenvalue weighted by Gasteiger charge is 2.35. The molecule has 1 aliphatic heterocycles. The van der Waals surface area contributed by atoms with Gasteiger partial charge in [0.1, 0.15) is 11.3 Å². The Morgan fingerprint density at radius 3 is 2.59 bits per heavy atom. The summed E-state index contributed by atoms with van der Waals surface area (Å²) in [6.07, 6.45) is 8.43. The molecule has 2 aliphatic rings. The third-order valence-electron chi connectivity index (χ3n) is 4.78. The van der Waals surface area contributed by atoms with Crippen molar-refractivity contribution in [2.24, 2.45) is 0 Å². The van der Waals surface area contributed by atoms with Crippen molar-refractivity contribution in [3.05, 3.63) is 47.1 Å². The molecular weight excluding hydrogens is 376 g/mol. The largest absolute Gasteiger partial charge is 0.482 e. The summed E-state index contributed by atoms with van der Waals surface area (Å²) >= 11 is 0. The highest BCUT2D eigenvalue weighted by atomic mass is 16.5. The Balaban J connectivity index is 1.70. The van der Waals surface area contributed by atoms with Crippen molar-refractivity contribution in [3.8, 4) is 5.75 Å². The highest BCUT2D eigenvalue weighted by molar-refractivity contribution is 6.31. The van der Waals surface area contributed by atoms with Crippen LogP contribution in [0.15, 0.2) is 41.5 Å². The van der Waals surface area contributed by atoms with Gasteiger partial charge in [-0.05, 0) is 55.9 Å². The number of amides is 4. The van der Waals surface area contributed by atoms with Crippen LogP contribution in [-0.2, 0) is 14.4 Å². The quantitative estimate of drug-likeness (QED) is 0.415. The molecule has 1 aromatic rings. The Morgan fingerprint density at radius 2 is 1.93 bits per heavy atom. The molecule has 0 saturated carbocycles. The van der Waals surface area contributed by atoms with Gasteiger partial charge < -0.3 is 9.84 Å². The molecule has 2 N–H and O–H groups in total. The zero-order valence-corrected chi connectivity index (χ0v) is 15.8. The normalized spacial score (nSPS) is 18.5. The number of barbiturate groups is 1. The zero-order valence-electron chi connectivity index (χ0n) is 15.8. The minimum Gasteiger partial charge on any atom is -0.482 e. The minimum absolute atomic E-state index is 0.124. The number of hydrogen-bond acceptors (Lipinski definition) is 5. The van der Waals surface area contributed by atoms with Gasteiger partial charge in [0.25, 0.3) is 11.8 Å². The van der Waals surface area contributed by atoms with E-state index in [9.17, 15) is 19.2 Å². The van der Waals surface area contributed by atoms with E-state index >= 15 is 0 Å². The van der Waals surface area contributed by atoms with Gasteiger partial charge in [0.05, 0.1) is 0 Å². The van der Waals surface area contributed by atoms with E-state index in [0.717, 1.165) is 30.6 Å². The molecule has 8 nitrogen and oxygen atoms in total. The molecule has 152 valence electrons. The fourth-order valence-corrected chi connectivity index (χ4v) is 3.26. The number of ether oxygens (including phenoxy) is 1. The van der Waals surface area contributed by atoms with Gasteiger partial charge in [0, 0.05) is 6.54 Å². The van der Waals surface area contributed by atoms with Crippen molar-refractivity contribution in [2.75, 3.05) is 13.2 Å². The maximum atomic E-state index is 12.7. The summed E-state index contributed by atoms with van der Waals surface area (Å²) < 4.78 is 5.05. The van der Waals surface area contributed by atoms with E-state index in [4.69, 9.17) is 9.84 Å². The van der Waals surface area contributed by atoms with Crippen molar-refractivity contribution < 1.29 is 29.0 Å². The van der Waals surface area contributed by atoms with Crippen LogP contribution in [0.25, 0.3) is 6.08 Å². The van der Waals surface area contributed by atoms with Gasteiger partial charge in [-0.1, -0.05) is 23.8 Å². The maximum Gasteiger partial charge on any atom is 0.341 e. The number of carbonyl (C=O) groups excluding carboxylic acids is 3.